The summed E-state index contributed by atoms with van der Waals surface area (Å²) in [7, 11) is 1.39. The average molecular weight is 191 g/mol. The quantitative estimate of drug-likeness (QED) is 0.388. The van der Waals surface area contributed by atoms with Crippen LogP contribution in [0.3, 0.4) is 0 Å². The molecular formula is C11H17N3. The molecule has 0 heterocycles. The van der Waals surface area contributed by atoms with Crippen LogP contribution in [0.2, 0.25) is 0 Å². The van der Waals surface area contributed by atoms with Crippen LogP contribution in [0.5, 0.6) is 0 Å². The highest BCUT2D eigenvalue weighted by Crippen LogP contribution is 2.08. The topological polar surface area (TPSA) is 48.8 Å². The van der Waals surface area contributed by atoms with Crippen molar-refractivity contribution in [1.82, 2.24) is 0 Å². The van der Waals surface area contributed by atoms with Gasteiger partial charge in [-0.3, -0.25) is 0 Å². The molecule has 0 aromatic heterocycles. The number of aryl methyl sites for hydroxylation is 2. The van der Waals surface area contributed by atoms with Crippen LogP contribution in [0.1, 0.15) is 25.0 Å². The van der Waals surface area contributed by atoms with Crippen molar-refractivity contribution >= 4 is 0 Å². The predicted octanol–water partition coefficient (Wildman–Crippen LogP) is 3.74. The van der Waals surface area contributed by atoms with Crippen molar-refractivity contribution in [3.05, 3.63) is 45.8 Å². The fourth-order valence-electron chi connectivity index (χ4n) is 1.25. The van der Waals surface area contributed by atoms with Crippen molar-refractivity contribution < 1.29 is 0 Å². The third kappa shape index (κ3) is 4.53. The second kappa shape index (κ2) is 8.14. The van der Waals surface area contributed by atoms with E-state index < -0.39 is 0 Å². The molecule has 0 saturated heterocycles. The van der Waals surface area contributed by atoms with Gasteiger partial charge in [-0.05, 0) is 29.5 Å². The number of hydrogen-bond donors (Lipinski definition) is 0. The first-order valence-corrected chi connectivity index (χ1v) is 4.80. The predicted molar refractivity (Wildman–Crippen MR) is 60.3 cm³/mol. The molecule has 1 rings (SSSR count). The lowest BCUT2D eigenvalue weighted by Gasteiger charge is -2.02. The first-order valence-electron chi connectivity index (χ1n) is 4.80. The van der Waals surface area contributed by atoms with Crippen molar-refractivity contribution in [3.8, 4) is 0 Å². The highest BCUT2D eigenvalue weighted by atomic mass is 15.1. The van der Waals surface area contributed by atoms with Gasteiger partial charge in [-0.15, -0.1) is 0 Å². The SMILES string of the molecule is CCc1ccccc1CC.CN=[N+]=[N-]. The van der Waals surface area contributed by atoms with Gasteiger partial charge < -0.3 is 0 Å². The summed E-state index contributed by atoms with van der Waals surface area (Å²) in [5, 5.41) is 2.92. The van der Waals surface area contributed by atoms with E-state index in [4.69, 9.17) is 5.53 Å². The highest BCUT2D eigenvalue weighted by molar-refractivity contribution is 5.26. The van der Waals surface area contributed by atoms with Crippen LogP contribution in [0.25, 0.3) is 10.4 Å². The van der Waals surface area contributed by atoms with Gasteiger partial charge in [-0.2, -0.15) is 0 Å². The van der Waals surface area contributed by atoms with Crippen LogP contribution in [0, 0.1) is 0 Å². The maximum absolute atomic E-state index is 7.33. The molecule has 0 spiro atoms. The summed E-state index contributed by atoms with van der Waals surface area (Å²) in [6, 6.07) is 8.63. The molecule has 0 aliphatic heterocycles. The zero-order valence-electron chi connectivity index (χ0n) is 9.07. The zero-order valence-corrected chi connectivity index (χ0v) is 9.07. The molecule has 0 saturated carbocycles. The summed E-state index contributed by atoms with van der Waals surface area (Å²) in [6.45, 7) is 4.41. The Morgan fingerprint density at radius 3 is 1.71 bits per heavy atom. The Morgan fingerprint density at radius 2 is 1.50 bits per heavy atom. The smallest absolute Gasteiger partial charge is 0.0139 e. The summed E-state index contributed by atoms with van der Waals surface area (Å²) in [4.78, 5) is 2.36. The molecule has 0 atom stereocenters. The summed E-state index contributed by atoms with van der Waals surface area (Å²) in [5.41, 5.74) is 10.3. The Morgan fingerprint density at radius 1 is 1.14 bits per heavy atom. The largest absolute Gasteiger partial charge is 0.0973 e. The van der Waals surface area contributed by atoms with Crippen LogP contribution >= 0.6 is 0 Å². The molecule has 3 heteroatoms. The van der Waals surface area contributed by atoms with Crippen LogP contribution in [-0.2, 0) is 12.8 Å². The Balaban J connectivity index is 0.000000364. The van der Waals surface area contributed by atoms with Crippen LogP contribution < -0.4 is 0 Å². The third-order valence-electron chi connectivity index (χ3n) is 1.97. The van der Waals surface area contributed by atoms with Gasteiger partial charge >= 0.3 is 0 Å². The minimum Gasteiger partial charge on any atom is -0.0973 e. The van der Waals surface area contributed by atoms with Gasteiger partial charge in [0.1, 0.15) is 0 Å². The fraction of sp³-hybridized carbons (Fsp3) is 0.455. The first kappa shape index (κ1) is 12.5. The normalized spacial score (nSPS) is 8.21. The summed E-state index contributed by atoms with van der Waals surface area (Å²) >= 11 is 0. The van der Waals surface area contributed by atoms with Crippen molar-refractivity contribution in [1.29, 1.82) is 0 Å². The molecule has 0 N–H and O–H groups in total. The van der Waals surface area contributed by atoms with E-state index in [0.717, 1.165) is 12.8 Å². The molecule has 1 aromatic rings. The Hall–Kier alpha value is -1.47. The minimum absolute atomic E-state index is 1.16. The fourth-order valence-corrected chi connectivity index (χ4v) is 1.25. The lowest BCUT2D eigenvalue weighted by molar-refractivity contribution is 1.04. The maximum atomic E-state index is 7.33. The van der Waals surface area contributed by atoms with E-state index >= 15 is 0 Å². The maximum Gasteiger partial charge on any atom is 0.0139 e. The molecule has 76 valence electrons. The van der Waals surface area contributed by atoms with Gasteiger partial charge in [0.15, 0.2) is 0 Å². The van der Waals surface area contributed by atoms with Crippen LogP contribution in [-0.4, -0.2) is 7.05 Å². The van der Waals surface area contributed by atoms with E-state index in [2.05, 4.69) is 48.1 Å². The number of benzene rings is 1. The summed E-state index contributed by atoms with van der Waals surface area (Å²) in [5.74, 6) is 0. The van der Waals surface area contributed by atoms with Crippen LogP contribution in [0.4, 0.5) is 0 Å². The van der Waals surface area contributed by atoms with Crippen molar-refractivity contribution in [3.63, 3.8) is 0 Å². The molecule has 0 aliphatic carbocycles. The molecule has 0 amide bonds. The van der Waals surface area contributed by atoms with E-state index in [1.165, 1.54) is 18.2 Å². The number of azide groups is 1. The highest BCUT2D eigenvalue weighted by Gasteiger charge is 1.93. The summed E-state index contributed by atoms with van der Waals surface area (Å²) < 4.78 is 0. The molecular weight excluding hydrogens is 174 g/mol. The van der Waals surface area contributed by atoms with Crippen molar-refractivity contribution in [2.75, 3.05) is 7.05 Å². The van der Waals surface area contributed by atoms with E-state index in [9.17, 15) is 0 Å². The lowest BCUT2D eigenvalue weighted by Crippen LogP contribution is -1.88. The van der Waals surface area contributed by atoms with Crippen molar-refractivity contribution in [2.24, 2.45) is 5.11 Å². The second-order valence-electron chi connectivity index (χ2n) is 2.77. The summed E-state index contributed by atoms with van der Waals surface area (Å²) in [6.07, 6.45) is 2.31. The van der Waals surface area contributed by atoms with E-state index in [1.807, 2.05) is 0 Å². The van der Waals surface area contributed by atoms with Crippen molar-refractivity contribution in [2.45, 2.75) is 26.7 Å². The Labute approximate surface area is 85.4 Å². The van der Waals surface area contributed by atoms with Gasteiger partial charge in [0.25, 0.3) is 0 Å². The van der Waals surface area contributed by atoms with Gasteiger partial charge in [0.05, 0.1) is 0 Å². The number of hydrogen-bond acceptors (Lipinski definition) is 1. The molecule has 0 aliphatic rings. The van der Waals surface area contributed by atoms with Gasteiger partial charge in [-0.25, -0.2) is 0 Å². The average Bonchev–Trinajstić information content (AvgIpc) is 2.29. The number of nitrogens with zero attached hydrogens (tertiary/aromatic N) is 3. The molecule has 14 heavy (non-hydrogen) atoms. The second-order valence-corrected chi connectivity index (χ2v) is 2.77. The lowest BCUT2D eigenvalue weighted by atomic mass is 10.0. The van der Waals surface area contributed by atoms with E-state index in [0.29, 0.717) is 0 Å². The third-order valence-corrected chi connectivity index (χ3v) is 1.97. The number of rotatable bonds is 2. The van der Waals surface area contributed by atoms with Gasteiger partial charge in [-0.1, -0.05) is 43.2 Å². The molecule has 0 radical (unpaired) electrons. The Bertz CT molecular complexity index is 278. The van der Waals surface area contributed by atoms with Gasteiger partial charge in [0, 0.05) is 12.0 Å². The monoisotopic (exact) mass is 191 g/mol. The first-order chi connectivity index (χ1) is 6.79. The molecule has 1 aromatic carbocycles. The van der Waals surface area contributed by atoms with E-state index in [-0.39, 0.29) is 0 Å². The molecule has 3 nitrogen and oxygen atoms in total. The van der Waals surface area contributed by atoms with Crippen LogP contribution in [0.15, 0.2) is 29.4 Å². The molecule has 0 fully saturated rings. The Kier molecular flexibility index (Phi) is 7.29. The molecule has 0 unspecified atom stereocenters. The zero-order chi connectivity index (χ0) is 10.8. The minimum atomic E-state index is 1.16. The van der Waals surface area contributed by atoms with E-state index in [1.54, 1.807) is 0 Å². The standard InChI is InChI=1S/C10H14.CH3N3/c1-3-9-7-5-6-8-10(9)4-2;1-3-4-2/h5-8H,3-4H2,1-2H3;1H3. The van der Waals surface area contributed by atoms with Gasteiger partial charge in [0.2, 0.25) is 0 Å². The molecule has 0 bridgehead atoms.